The van der Waals surface area contributed by atoms with E-state index in [-0.39, 0.29) is 12.6 Å². The molecular weight excluding hydrogens is 252 g/mol. The molecule has 0 radical (unpaired) electrons. The van der Waals surface area contributed by atoms with E-state index < -0.39 is 5.41 Å². The van der Waals surface area contributed by atoms with Gasteiger partial charge in [0.1, 0.15) is 17.8 Å². The first-order valence-corrected chi connectivity index (χ1v) is 6.63. The van der Waals surface area contributed by atoms with Crippen LogP contribution in [-0.2, 0) is 10.2 Å². The van der Waals surface area contributed by atoms with Crippen molar-refractivity contribution in [1.82, 2.24) is 0 Å². The van der Waals surface area contributed by atoms with Crippen LogP contribution in [0.15, 0.2) is 48.5 Å². The van der Waals surface area contributed by atoms with Gasteiger partial charge in [0.2, 0.25) is 5.91 Å². The monoisotopic (exact) mass is 266 g/mol. The molecule has 20 heavy (non-hydrogen) atoms. The van der Waals surface area contributed by atoms with Gasteiger partial charge in [0.15, 0.2) is 0 Å². The van der Waals surface area contributed by atoms with Gasteiger partial charge in [-0.05, 0) is 17.7 Å². The van der Waals surface area contributed by atoms with Crippen molar-refractivity contribution in [2.24, 2.45) is 5.73 Å². The molecule has 2 heterocycles. The lowest BCUT2D eigenvalue weighted by molar-refractivity contribution is -0.122. The smallest absolute Gasteiger partial charge is 0.246 e. The Morgan fingerprint density at radius 3 is 2.60 bits per heavy atom. The Labute approximate surface area is 116 Å². The maximum absolute atomic E-state index is 12.9. The molecule has 0 aliphatic carbocycles. The zero-order valence-corrected chi connectivity index (χ0v) is 10.9. The van der Waals surface area contributed by atoms with Gasteiger partial charge in [-0.3, -0.25) is 9.69 Å². The molecule has 2 aliphatic heterocycles. The van der Waals surface area contributed by atoms with Crippen molar-refractivity contribution in [3.05, 3.63) is 59.7 Å². The minimum Gasteiger partial charge on any atom is -0.491 e. The summed E-state index contributed by atoms with van der Waals surface area (Å²) >= 11 is 0. The number of fused-ring (bicyclic) bond motifs is 4. The molecule has 1 amide bonds. The van der Waals surface area contributed by atoms with E-state index in [0.717, 1.165) is 22.6 Å². The molecule has 0 saturated heterocycles. The number of carbonyl (C=O) groups is 1. The van der Waals surface area contributed by atoms with Gasteiger partial charge in [-0.1, -0.05) is 36.4 Å². The zero-order valence-electron chi connectivity index (χ0n) is 10.9. The molecule has 100 valence electrons. The molecular formula is C16H14N2O2. The number of hydrogen-bond acceptors (Lipinski definition) is 3. The SMILES string of the molecule is NCN1C(=O)C2(COc3ccccc32)c2ccccc21. The van der Waals surface area contributed by atoms with Gasteiger partial charge in [0, 0.05) is 11.3 Å². The number of carbonyl (C=O) groups excluding carboxylic acids is 1. The van der Waals surface area contributed by atoms with Crippen LogP contribution >= 0.6 is 0 Å². The Bertz CT molecular complexity index is 713. The van der Waals surface area contributed by atoms with Crippen molar-refractivity contribution in [3.8, 4) is 5.75 Å². The number of hydrogen-bond donors (Lipinski definition) is 1. The summed E-state index contributed by atoms with van der Waals surface area (Å²) in [5.74, 6) is 0.792. The molecule has 4 nitrogen and oxygen atoms in total. The van der Waals surface area contributed by atoms with Crippen molar-refractivity contribution in [2.45, 2.75) is 5.41 Å². The number of nitrogens with zero attached hydrogens (tertiary/aromatic N) is 1. The molecule has 0 fully saturated rings. The van der Waals surface area contributed by atoms with Gasteiger partial charge in [-0.25, -0.2) is 0 Å². The first-order chi connectivity index (χ1) is 9.79. The Hall–Kier alpha value is -2.33. The summed E-state index contributed by atoms with van der Waals surface area (Å²) < 4.78 is 5.77. The van der Waals surface area contributed by atoms with Gasteiger partial charge in [0.25, 0.3) is 0 Å². The fraction of sp³-hybridized carbons (Fsp3) is 0.188. The molecule has 2 aliphatic rings. The Kier molecular flexibility index (Phi) is 2.20. The summed E-state index contributed by atoms with van der Waals surface area (Å²) in [6, 6.07) is 15.6. The average molecular weight is 266 g/mol. The second kappa shape index (κ2) is 3.84. The number of nitrogens with two attached hydrogens (primary N) is 1. The maximum Gasteiger partial charge on any atom is 0.246 e. The quantitative estimate of drug-likeness (QED) is 0.853. The highest BCUT2D eigenvalue weighted by molar-refractivity contribution is 6.11. The average Bonchev–Trinajstić information content (AvgIpc) is 2.99. The highest BCUT2D eigenvalue weighted by atomic mass is 16.5. The van der Waals surface area contributed by atoms with Crippen LogP contribution in [-0.4, -0.2) is 19.2 Å². The predicted molar refractivity (Wildman–Crippen MR) is 75.7 cm³/mol. The lowest BCUT2D eigenvalue weighted by atomic mass is 9.77. The van der Waals surface area contributed by atoms with Crippen LogP contribution in [0, 0.1) is 0 Å². The van der Waals surface area contributed by atoms with Crippen molar-refractivity contribution in [1.29, 1.82) is 0 Å². The number of anilines is 1. The fourth-order valence-corrected chi connectivity index (χ4v) is 3.31. The van der Waals surface area contributed by atoms with Gasteiger partial charge >= 0.3 is 0 Å². The van der Waals surface area contributed by atoms with Crippen molar-refractivity contribution < 1.29 is 9.53 Å². The molecule has 0 saturated carbocycles. The normalized spacial score (nSPS) is 22.9. The topological polar surface area (TPSA) is 55.6 Å². The van der Waals surface area contributed by atoms with E-state index >= 15 is 0 Å². The summed E-state index contributed by atoms with van der Waals surface area (Å²) in [7, 11) is 0. The second-order valence-electron chi connectivity index (χ2n) is 5.12. The van der Waals surface area contributed by atoms with E-state index in [1.165, 1.54) is 0 Å². The van der Waals surface area contributed by atoms with E-state index in [1.54, 1.807) is 4.90 Å². The first kappa shape index (κ1) is 11.5. The van der Waals surface area contributed by atoms with Crippen LogP contribution < -0.4 is 15.4 Å². The summed E-state index contributed by atoms with van der Waals surface area (Å²) in [5.41, 5.74) is 7.86. The molecule has 0 bridgehead atoms. The maximum atomic E-state index is 12.9. The lowest BCUT2D eigenvalue weighted by Gasteiger charge is -2.22. The highest BCUT2D eigenvalue weighted by Gasteiger charge is 2.56. The number of para-hydroxylation sites is 2. The minimum atomic E-state index is -0.730. The van der Waals surface area contributed by atoms with Crippen LogP contribution in [0.1, 0.15) is 11.1 Å². The van der Waals surface area contributed by atoms with Crippen LogP contribution in [0.25, 0.3) is 0 Å². The second-order valence-corrected chi connectivity index (χ2v) is 5.12. The van der Waals surface area contributed by atoms with E-state index in [1.807, 2.05) is 48.5 Å². The van der Waals surface area contributed by atoms with Crippen LogP contribution in [0.2, 0.25) is 0 Å². The fourth-order valence-electron chi connectivity index (χ4n) is 3.31. The van der Waals surface area contributed by atoms with Crippen molar-refractivity contribution in [3.63, 3.8) is 0 Å². The third kappa shape index (κ3) is 1.17. The van der Waals surface area contributed by atoms with Crippen molar-refractivity contribution >= 4 is 11.6 Å². The third-order valence-electron chi connectivity index (χ3n) is 4.24. The van der Waals surface area contributed by atoms with E-state index in [4.69, 9.17) is 10.5 Å². The van der Waals surface area contributed by atoms with Crippen LogP contribution in [0.3, 0.4) is 0 Å². The Morgan fingerprint density at radius 1 is 1.10 bits per heavy atom. The summed E-state index contributed by atoms with van der Waals surface area (Å²) in [4.78, 5) is 14.6. The van der Waals surface area contributed by atoms with Crippen LogP contribution in [0.4, 0.5) is 5.69 Å². The number of benzene rings is 2. The zero-order chi connectivity index (χ0) is 13.7. The molecule has 1 spiro atoms. The first-order valence-electron chi connectivity index (χ1n) is 6.63. The number of rotatable bonds is 1. The summed E-state index contributed by atoms with van der Waals surface area (Å²) in [6.45, 7) is 0.526. The van der Waals surface area contributed by atoms with E-state index in [2.05, 4.69) is 0 Å². The number of amides is 1. The number of ether oxygens (including phenoxy) is 1. The molecule has 4 rings (SSSR count). The Morgan fingerprint density at radius 2 is 1.80 bits per heavy atom. The minimum absolute atomic E-state index is 0.00569. The summed E-state index contributed by atoms with van der Waals surface area (Å²) in [6.07, 6.45) is 0. The van der Waals surface area contributed by atoms with Gasteiger partial charge < -0.3 is 10.5 Å². The lowest BCUT2D eigenvalue weighted by Crippen LogP contribution is -2.44. The standard InChI is InChI=1S/C16H14N2O2/c17-10-18-13-7-3-1-5-11(13)16(15(18)19)9-20-14-8-4-2-6-12(14)16/h1-8H,9-10,17H2. The molecule has 2 aromatic carbocycles. The predicted octanol–water partition coefficient (Wildman–Crippen LogP) is 1.63. The summed E-state index contributed by atoms with van der Waals surface area (Å²) in [5, 5.41) is 0. The molecule has 2 N–H and O–H groups in total. The van der Waals surface area contributed by atoms with Crippen LogP contribution in [0.5, 0.6) is 5.75 Å². The molecule has 2 aromatic rings. The van der Waals surface area contributed by atoms with E-state index in [9.17, 15) is 4.79 Å². The Balaban J connectivity index is 2.03. The van der Waals surface area contributed by atoms with Gasteiger partial charge in [-0.2, -0.15) is 0 Å². The van der Waals surface area contributed by atoms with E-state index in [0.29, 0.717) is 6.61 Å². The molecule has 1 unspecified atom stereocenters. The molecule has 0 aromatic heterocycles. The molecule has 1 atom stereocenters. The molecule has 4 heteroatoms. The largest absolute Gasteiger partial charge is 0.491 e. The third-order valence-corrected chi connectivity index (χ3v) is 4.24. The van der Waals surface area contributed by atoms with Gasteiger partial charge in [-0.15, -0.1) is 0 Å². The van der Waals surface area contributed by atoms with Crippen molar-refractivity contribution in [2.75, 3.05) is 18.2 Å². The highest BCUT2D eigenvalue weighted by Crippen LogP contribution is 2.51. The van der Waals surface area contributed by atoms with Gasteiger partial charge in [0.05, 0.1) is 6.67 Å².